The third-order valence-electron chi connectivity index (χ3n) is 6.79. The maximum Gasteiger partial charge on any atom is 0.243 e. The zero-order valence-electron chi connectivity index (χ0n) is 20.9. The van der Waals surface area contributed by atoms with Crippen molar-refractivity contribution in [2.24, 2.45) is 0 Å². The number of hydrogen-bond donors (Lipinski definition) is 0. The summed E-state index contributed by atoms with van der Waals surface area (Å²) < 4.78 is 29.4. The third kappa shape index (κ3) is 5.99. The van der Waals surface area contributed by atoms with Gasteiger partial charge in [0.1, 0.15) is 0 Å². The van der Waals surface area contributed by atoms with Gasteiger partial charge in [-0.3, -0.25) is 4.79 Å². The molecule has 0 unspecified atom stereocenters. The summed E-state index contributed by atoms with van der Waals surface area (Å²) in [5, 5.41) is 0. The number of nitrogens with zero attached hydrogens (tertiary/aromatic N) is 3. The van der Waals surface area contributed by atoms with Crippen molar-refractivity contribution in [2.75, 3.05) is 37.6 Å². The predicted octanol–water partition coefficient (Wildman–Crippen LogP) is 4.91. The number of hydrogen-bond acceptors (Lipinski definition) is 4. The maximum atomic E-state index is 13.6. The van der Waals surface area contributed by atoms with E-state index in [4.69, 9.17) is 0 Å². The number of carbonyl (C=O) groups is 1. The minimum atomic E-state index is -3.86. The number of sulfonamides is 1. The first kappa shape index (κ1) is 26.4. The molecule has 1 aliphatic rings. The lowest BCUT2D eigenvalue weighted by molar-refractivity contribution is -0.131. The average molecular weight is 571 g/mol. The summed E-state index contributed by atoms with van der Waals surface area (Å²) in [6.07, 6.45) is 0. The molecule has 8 heteroatoms. The molecule has 190 valence electrons. The van der Waals surface area contributed by atoms with Crippen LogP contribution in [0.1, 0.15) is 22.3 Å². The first-order chi connectivity index (χ1) is 17.1. The van der Waals surface area contributed by atoms with Gasteiger partial charge in [-0.05, 0) is 67.8 Å². The molecule has 0 N–H and O–H groups in total. The number of aryl methyl sites for hydroxylation is 2. The van der Waals surface area contributed by atoms with E-state index in [9.17, 15) is 13.2 Å². The Morgan fingerprint density at radius 2 is 1.53 bits per heavy atom. The molecule has 3 aromatic rings. The molecule has 1 heterocycles. The summed E-state index contributed by atoms with van der Waals surface area (Å²) in [5.74, 6) is -0.177. The van der Waals surface area contributed by atoms with Gasteiger partial charge in [-0.15, -0.1) is 0 Å². The monoisotopic (exact) mass is 569 g/mol. The second-order valence-corrected chi connectivity index (χ2v) is 12.2. The van der Waals surface area contributed by atoms with Crippen LogP contribution in [0.15, 0.2) is 76.1 Å². The Hall–Kier alpha value is -2.68. The lowest BCUT2D eigenvalue weighted by atomic mass is 10.1. The molecule has 3 aromatic carbocycles. The molecule has 36 heavy (non-hydrogen) atoms. The fourth-order valence-electron chi connectivity index (χ4n) is 4.40. The second kappa shape index (κ2) is 11.2. The van der Waals surface area contributed by atoms with E-state index in [0.717, 1.165) is 15.6 Å². The molecule has 1 fully saturated rings. The molecule has 0 aromatic heterocycles. The van der Waals surface area contributed by atoms with Crippen molar-refractivity contribution in [2.45, 2.75) is 32.2 Å². The number of rotatable bonds is 7. The van der Waals surface area contributed by atoms with Gasteiger partial charge in [0.15, 0.2) is 0 Å². The Morgan fingerprint density at radius 3 is 2.17 bits per heavy atom. The van der Waals surface area contributed by atoms with Crippen LogP contribution in [0, 0.1) is 20.8 Å². The standard InChI is InChI=1S/C28H32BrN3O3S/c1-21-7-13-26(14-8-21)36(34,35)32(19-24-9-11-25(29)12-10-24)20-28(33)31-17-15-30(16-18-31)27-6-4-5-22(2)23(27)3/h4-14H,15-20H2,1-3H3. The van der Waals surface area contributed by atoms with Crippen LogP contribution in [0.5, 0.6) is 0 Å². The van der Waals surface area contributed by atoms with Crippen molar-refractivity contribution < 1.29 is 13.2 Å². The van der Waals surface area contributed by atoms with Crippen LogP contribution in [-0.4, -0.2) is 56.3 Å². The molecule has 0 bridgehead atoms. The van der Waals surface area contributed by atoms with E-state index < -0.39 is 10.0 Å². The summed E-state index contributed by atoms with van der Waals surface area (Å²) >= 11 is 3.42. The van der Waals surface area contributed by atoms with Gasteiger partial charge in [0.05, 0.1) is 11.4 Å². The zero-order chi connectivity index (χ0) is 25.9. The fraction of sp³-hybridized carbons (Fsp3) is 0.321. The maximum absolute atomic E-state index is 13.6. The van der Waals surface area contributed by atoms with Crippen molar-refractivity contribution in [3.8, 4) is 0 Å². The molecule has 0 saturated carbocycles. The minimum absolute atomic E-state index is 0.123. The van der Waals surface area contributed by atoms with Crippen molar-refractivity contribution in [3.05, 3.63) is 93.5 Å². The van der Waals surface area contributed by atoms with Gasteiger partial charge < -0.3 is 9.80 Å². The molecule has 4 rings (SSSR count). The molecule has 0 spiro atoms. The van der Waals surface area contributed by atoms with Crippen LogP contribution < -0.4 is 4.90 Å². The first-order valence-electron chi connectivity index (χ1n) is 12.1. The van der Waals surface area contributed by atoms with Crippen molar-refractivity contribution in [1.29, 1.82) is 0 Å². The first-order valence-corrected chi connectivity index (χ1v) is 14.3. The topological polar surface area (TPSA) is 60.9 Å². The predicted molar refractivity (Wildman–Crippen MR) is 148 cm³/mol. The van der Waals surface area contributed by atoms with Crippen LogP contribution in [-0.2, 0) is 21.4 Å². The highest BCUT2D eigenvalue weighted by molar-refractivity contribution is 9.10. The highest BCUT2D eigenvalue weighted by atomic mass is 79.9. The molecular formula is C28H32BrN3O3S. The number of carbonyl (C=O) groups excluding carboxylic acids is 1. The van der Waals surface area contributed by atoms with Crippen LogP contribution in [0.2, 0.25) is 0 Å². The molecule has 0 aliphatic carbocycles. The Morgan fingerprint density at radius 1 is 0.889 bits per heavy atom. The summed E-state index contributed by atoms with van der Waals surface area (Å²) in [5.41, 5.74) is 5.49. The van der Waals surface area contributed by atoms with Gasteiger partial charge >= 0.3 is 0 Å². The number of piperazine rings is 1. The van der Waals surface area contributed by atoms with E-state index >= 15 is 0 Å². The SMILES string of the molecule is Cc1ccc(S(=O)(=O)N(CC(=O)N2CCN(c3cccc(C)c3C)CC2)Cc2ccc(Br)cc2)cc1. The number of benzene rings is 3. The van der Waals surface area contributed by atoms with E-state index in [2.05, 4.69) is 52.9 Å². The molecule has 0 atom stereocenters. The second-order valence-electron chi connectivity index (χ2n) is 9.30. The molecule has 0 radical (unpaired) electrons. The summed E-state index contributed by atoms with van der Waals surface area (Å²) in [6.45, 7) is 8.61. The fourth-order valence-corrected chi connectivity index (χ4v) is 6.05. The van der Waals surface area contributed by atoms with Crippen LogP contribution in [0.4, 0.5) is 5.69 Å². The minimum Gasteiger partial charge on any atom is -0.368 e. The smallest absolute Gasteiger partial charge is 0.243 e. The molecule has 6 nitrogen and oxygen atoms in total. The van der Waals surface area contributed by atoms with Crippen LogP contribution in [0.25, 0.3) is 0 Å². The molecule has 1 saturated heterocycles. The lowest BCUT2D eigenvalue weighted by Gasteiger charge is -2.37. The van der Waals surface area contributed by atoms with Crippen molar-refractivity contribution in [3.63, 3.8) is 0 Å². The summed E-state index contributed by atoms with van der Waals surface area (Å²) in [6, 6.07) is 20.5. The van der Waals surface area contributed by atoms with E-state index in [0.29, 0.717) is 26.2 Å². The van der Waals surface area contributed by atoms with Crippen molar-refractivity contribution >= 4 is 37.5 Å². The zero-order valence-corrected chi connectivity index (χ0v) is 23.3. The van der Waals surface area contributed by atoms with E-state index in [-0.39, 0.29) is 23.9 Å². The molecule has 1 aliphatic heterocycles. The van der Waals surface area contributed by atoms with Crippen LogP contribution >= 0.6 is 15.9 Å². The number of halogens is 1. The van der Waals surface area contributed by atoms with E-state index in [1.165, 1.54) is 21.1 Å². The Labute approximate surface area is 222 Å². The quantitative estimate of drug-likeness (QED) is 0.405. The number of anilines is 1. The molecular weight excluding hydrogens is 538 g/mol. The Balaban J connectivity index is 1.50. The van der Waals surface area contributed by atoms with E-state index in [1.807, 2.05) is 31.2 Å². The Bertz CT molecular complexity index is 1320. The average Bonchev–Trinajstić information content (AvgIpc) is 2.87. The Kier molecular flexibility index (Phi) is 8.17. The van der Waals surface area contributed by atoms with Gasteiger partial charge in [-0.25, -0.2) is 8.42 Å². The van der Waals surface area contributed by atoms with Crippen molar-refractivity contribution in [1.82, 2.24) is 9.21 Å². The summed E-state index contributed by atoms with van der Waals surface area (Å²) in [4.78, 5) is 17.6. The highest BCUT2D eigenvalue weighted by Gasteiger charge is 2.30. The lowest BCUT2D eigenvalue weighted by Crippen LogP contribution is -2.52. The molecule has 1 amide bonds. The highest BCUT2D eigenvalue weighted by Crippen LogP contribution is 2.25. The van der Waals surface area contributed by atoms with Gasteiger partial charge in [0, 0.05) is 42.9 Å². The van der Waals surface area contributed by atoms with Gasteiger partial charge in [-0.1, -0.05) is 57.9 Å². The van der Waals surface area contributed by atoms with Crippen LogP contribution in [0.3, 0.4) is 0 Å². The largest absolute Gasteiger partial charge is 0.368 e. The van der Waals surface area contributed by atoms with Gasteiger partial charge in [0.25, 0.3) is 0 Å². The van der Waals surface area contributed by atoms with E-state index in [1.54, 1.807) is 29.2 Å². The number of amides is 1. The van der Waals surface area contributed by atoms with Gasteiger partial charge in [0.2, 0.25) is 15.9 Å². The normalized spacial score (nSPS) is 14.4. The summed E-state index contributed by atoms with van der Waals surface area (Å²) in [7, 11) is -3.86. The third-order valence-corrected chi connectivity index (χ3v) is 9.13. The van der Waals surface area contributed by atoms with Gasteiger partial charge in [-0.2, -0.15) is 4.31 Å².